The molecule has 0 aliphatic heterocycles. The smallest absolute Gasteiger partial charge is 0.224 e. The molecule has 1 atom stereocenters. The van der Waals surface area contributed by atoms with E-state index >= 15 is 0 Å². The molecule has 116 valence electrons. The Labute approximate surface area is 123 Å². The molecular weight excluding hydrogens is 274 g/mol. The Kier molecular flexibility index (Phi) is 6.48. The highest BCUT2D eigenvalue weighted by Gasteiger charge is 2.11. The molecule has 0 saturated heterocycles. The highest BCUT2D eigenvalue weighted by Crippen LogP contribution is 2.25. The summed E-state index contributed by atoms with van der Waals surface area (Å²) in [7, 11) is 3.09. The van der Waals surface area contributed by atoms with Crippen LogP contribution in [0.15, 0.2) is 23.4 Å². The fourth-order valence-electron chi connectivity index (χ4n) is 1.68. The Morgan fingerprint density at radius 2 is 2.19 bits per heavy atom. The van der Waals surface area contributed by atoms with Crippen molar-refractivity contribution in [2.24, 2.45) is 10.9 Å². The van der Waals surface area contributed by atoms with Gasteiger partial charge < -0.3 is 25.7 Å². The number of nitrogens with zero attached hydrogens (tertiary/aromatic N) is 1. The Morgan fingerprint density at radius 1 is 1.48 bits per heavy atom. The van der Waals surface area contributed by atoms with Gasteiger partial charge in [0.2, 0.25) is 5.91 Å². The van der Waals surface area contributed by atoms with E-state index in [1.807, 2.05) is 6.92 Å². The van der Waals surface area contributed by atoms with Crippen LogP contribution in [0.25, 0.3) is 0 Å². The van der Waals surface area contributed by atoms with Crippen LogP contribution < -0.4 is 15.8 Å². The minimum Gasteiger partial charge on any atom is -0.495 e. The number of oxime groups is 1. The van der Waals surface area contributed by atoms with Gasteiger partial charge in [0.1, 0.15) is 5.75 Å². The van der Waals surface area contributed by atoms with Crippen LogP contribution in [0.2, 0.25) is 0 Å². The summed E-state index contributed by atoms with van der Waals surface area (Å²) in [6.45, 7) is 1.90. The lowest BCUT2D eigenvalue weighted by Crippen LogP contribution is -2.16. The molecule has 0 saturated carbocycles. The van der Waals surface area contributed by atoms with Crippen molar-refractivity contribution >= 4 is 17.4 Å². The number of amides is 1. The molecule has 0 aromatic heterocycles. The first-order chi connectivity index (χ1) is 10.0. The number of benzene rings is 1. The zero-order valence-electron chi connectivity index (χ0n) is 12.4. The molecule has 1 amide bonds. The molecule has 1 rings (SSSR count). The molecule has 0 fully saturated rings. The summed E-state index contributed by atoms with van der Waals surface area (Å²) in [5, 5.41) is 14.3. The van der Waals surface area contributed by atoms with Crippen LogP contribution >= 0.6 is 0 Å². The molecule has 1 unspecified atom stereocenters. The van der Waals surface area contributed by atoms with Gasteiger partial charge in [-0.2, -0.15) is 0 Å². The molecule has 0 aliphatic carbocycles. The summed E-state index contributed by atoms with van der Waals surface area (Å²) in [6, 6.07) is 4.86. The molecule has 0 aliphatic rings. The number of carbonyl (C=O) groups is 1. The average molecular weight is 295 g/mol. The quantitative estimate of drug-likeness (QED) is 0.306. The van der Waals surface area contributed by atoms with E-state index in [4.69, 9.17) is 20.4 Å². The maximum absolute atomic E-state index is 11.9. The number of rotatable bonds is 7. The van der Waals surface area contributed by atoms with Gasteiger partial charge in [0, 0.05) is 19.1 Å². The first kappa shape index (κ1) is 16.8. The second-order valence-electron chi connectivity index (χ2n) is 4.53. The van der Waals surface area contributed by atoms with E-state index in [1.54, 1.807) is 25.3 Å². The van der Waals surface area contributed by atoms with Gasteiger partial charge in [-0.05, 0) is 31.5 Å². The molecule has 1 aromatic carbocycles. The van der Waals surface area contributed by atoms with Gasteiger partial charge in [0.15, 0.2) is 5.84 Å². The van der Waals surface area contributed by atoms with Gasteiger partial charge >= 0.3 is 0 Å². The molecule has 7 heteroatoms. The van der Waals surface area contributed by atoms with E-state index < -0.39 is 0 Å². The lowest BCUT2D eigenvalue weighted by Gasteiger charge is -2.13. The maximum Gasteiger partial charge on any atom is 0.224 e. The Hall–Kier alpha value is -2.28. The Bertz CT molecular complexity index is 517. The minimum absolute atomic E-state index is 0.0277. The van der Waals surface area contributed by atoms with Gasteiger partial charge in [-0.3, -0.25) is 4.79 Å². The molecule has 0 spiro atoms. The van der Waals surface area contributed by atoms with Gasteiger partial charge in [-0.15, -0.1) is 0 Å². The number of ether oxygens (including phenoxy) is 2. The number of nitrogens with one attached hydrogen (secondary N) is 1. The molecule has 4 N–H and O–H groups in total. The maximum atomic E-state index is 11.9. The largest absolute Gasteiger partial charge is 0.495 e. The van der Waals surface area contributed by atoms with Crippen molar-refractivity contribution in [2.45, 2.75) is 25.9 Å². The zero-order valence-corrected chi connectivity index (χ0v) is 12.4. The summed E-state index contributed by atoms with van der Waals surface area (Å²) in [5.74, 6) is 0.279. The predicted molar refractivity (Wildman–Crippen MR) is 79.8 cm³/mol. The third kappa shape index (κ3) is 4.96. The van der Waals surface area contributed by atoms with Crippen LogP contribution in [-0.4, -0.2) is 37.3 Å². The van der Waals surface area contributed by atoms with E-state index in [0.29, 0.717) is 29.8 Å². The van der Waals surface area contributed by atoms with Gasteiger partial charge in [0.05, 0.1) is 18.9 Å². The average Bonchev–Trinajstić information content (AvgIpc) is 2.51. The fraction of sp³-hybridized carbons (Fsp3) is 0.429. The van der Waals surface area contributed by atoms with Crippen LogP contribution in [0.1, 0.15) is 25.3 Å². The highest BCUT2D eigenvalue weighted by atomic mass is 16.5. The number of carbonyl (C=O) groups excluding carboxylic acids is 1. The number of nitrogens with two attached hydrogens (primary N) is 1. The zero-order chi connectivity index (χ0) is 15.8. The summed E-state index contributed by atoms with van der Waals surface area (Å²) in [6.07, 6.45) is 1.01. The summed E-state index contributed by atoms with van der Waals surface area (Å²) < 4.78 is 10.3. The van der Waals surface area contributed by atoms with Gasteiger partial charge in [0.25, 0.3) is 0 Å². The lowest BCUT2D eigenvalue weighted by atomic mass is 10.1. The predicted octanol–water partition coefficient (Wildman–Crippen LogP) is 1.54. The fourth-order valence-corrected chi connectivity index (χ4v) is 1.68. The van der Waals surface area contributed by atoms with Crippen molar-refractivity contribution in [3.05, 3.63) is 23.8 Å². The highest BCUT2D eigenvalue weighted by molar-refractivity contribution is 5.99. The summed E-state index contributed by atoms with van der Waals surface area (Å²) in [5.41, 5.74) is 6.54. The standard InChI is InChI=1S/C14H21N3O4/c1-9(20-2)4-7-13(18)16-11-6-5-10(14(15)17-19)8-12(11)21-3/h5-6,8-9,19H,4,7H2,1-3H3,(H2,15,17)(H,16,18). The van der Waals surface area contributed by atoms with Crippen molar-refractivity contribution in [3.8, 4) is 5.75 Å². The molecule has 21 heavy (non-hydrogen) atoms. The van der Waals surface area contributed by atoms with Crippen LogP contribution in [0.4, 0.5) is 5.69 Å². The monoisotopic (exact) mass is 295 g/mol. The number of hydrogen-bond acceptors (Lipinski definition) is 5. The second kappa shape index (κ2) is 8.11. The first-order valence-corrected chi connectivity index (χ1v) is 6.50. The topological polar surface area (TPSA) is 106 Å². The lowest BCUT2D eigenvalue weighted by molar-refractivity contribution is -0.116. The van der Waals surface area contributed by atoms with Crippen molar-refractivity contribution in [3.63, 3.8) is 0 Å². The van der Waals surface area contributed by atoms with Crippen molar-refractivity contribution < 1.29 is 19.5 Å². The van der Waals surface area contributed by atoms with Crippen LogP contribution in [-0.2, 0) is 9.53 Å². The van der Waals surface area contributed by atoms with E-state index in [-0.39, 0.29) is 17.8 Å². The SMILES string of the molecule is COc1cc(/C(N)=N/O)ccc1NC(=O)CCC(C)OC. The minimum atomic E-state index is -0.131. The number of hydrogen-bond donors (Lipinski definition) is 3. The van der Waals surface area contributed by atoms with Crippen molar-refractivity contribution in [2.75, 3.05) is 19.5 Å². The van der Waals surface area contributed by atoms with Crippen LogP contribution in [0.3, 0.4) is 0 Å². The van der Waals surface area contributed by atoms with Gasteiger partial charge in [-0.25, -0.2) is 0 Å². The first-order valence-electron chi connectivity index (χ1n) is 6.50. The number of anilines is 1. The third-order valence-corrected chi connectivity index (χ3v) is 3.06. The van der Waals surface area contributed by atoms with E-state index in [1.165, 1.54) is 7.11 Å². The van der Waals surface area contributed by atoms with E-state index in [9.17, 15) is 4.79 Å². The third-order valence-electron chi connectivity index (χ3n) is 3.06. The Morgan fingerprint density at radius 3 is 2.76 bits per heavy atom. The molecule has 0 radical (unpaired) electrons. The van der Waals surface area contributed by atoms with E-state index in [0.717, 1.165) is 0 Å². The normalized spacial score (nSPS) is 12.8. The van der Waals surface area contributed by atoms with E-state index in [2.05, 4.69) is 10.5 Å². The Balaban J connectivity index is 2.77. The second-order valence-corrected chi connectivity index (χ2v) is 4.53. The van der Waals surface area contributed by atoms with Crippen molar-refractivity contribution in [1.29, 1.82) is 0 Å². The molecule has 0 heterocycles. The molecule has 1 aromatic rings. The molecule has 0 bridgehead atoms. The van der Waals surface area contributed by atoms with Crippen LogP contribution in [0, 0.1) is 0 Å². The van der Waals surface area contributed by atoms with Gasteiger partial charge in [-0.1, -0.05) is 5.16 Å². The molecular formula is C14H21N3O4. The van der Waals surface area contributed by atoms with Crippen molar-refractivity contribution in [1.82, 2.24) is 0 Å². The summed E-state index contributed by atoms with van der Waals surface area (Å²) in [4.78, 5) is 11.9. The number of methoxy groups -OCH3 is 2. The molecule has 7 nitrogen and oxygen atoms in total. The summed E-state index contributed by atoms with van der Waals surface area (Å²) >= 11 is 0. The van der Waals surface area contributed by atoms with Crippen LogP contribution in [0.5, 0.6) is 5.75 Å². The number of amidine groups is 1.